The number of hydrogen-bond donors (Lipinski definition) is 1. The molecule has 0 radical (unpaired) electrons. The fraction of sp³-hybridized carbons (Fsp3) is 0.778. The van der Waals surface area contributed by atoms with Crippen molar-refractivity contribution in [1.29, 1.82) is 0 Å². The Hall–Kier alpha value is -0.900. The van der Waals surface area contributed by atoms with Crippen LogP contribution in [0.4, 0.5) is 0 Å². The number of ketones is 1. The molecule has 0 aromatic carbocycles. The molecule has 0 aliphatic heterocycles. The molecule has 1 amide bonds. The molecule has 1 saturated carbocycles. The van der Waals surface area contributed by atoms with Crippen LogP contribution in [-0.2, 0) is 9.59 Å². The molecule has 0 aromatic heterocycles. The van der Waals surface area contributed by atoms with Crippen molar-refractivity contribution in [3.05, 3.63) is 0 Å². The van der Waals surface area contributed by atoms with Crippen LogP contribution in [0.3, 0.4) is 0 Å². The Morgan fingerprint density at radius 2 is 2.08 bits per heavy atom. The fourth-order valence-corrected chi connectivity index (χ4v) is 1.27. The first-order chi connectivity index (χ1) is 6.16. The summed E-state index contributed by atoms with van der Waals surface area (Å²) >= 11 is 0. The molecule has 1 aliphatic carbocycles. The van der Waals surface area contributed by atoms with Gasteiger partial charge in [-0.2, -0.15) is 0 Å². The number of carbonyl (C=O) groups excluding carboxylic acids is 2. The molecule has 1 fully saturated rings. The highest BCUT2D eigenvalue weighted by Gasteiger charge is 2.33. The zero-order valence-electron chi connectivity index (χ0n) is 8.17. The maximum Gasteiger partial charge on any atom is 0.289 e. The van der Waals surface area contributed by atoms with E-state index < -0.39 is 0 Å². The van der Waals surface area contributed by atoms with Crippen molar-refractivity contribution in [2.24, 2.45) is 0 Å². The van der Waals surface area contributed by atoms with Gasteiger partial charge in [0.15, 0.2) is 0 Å². The molecule has 0 saturated heterocycles. The molecule has 0 spiro atoms. The smallest absolute Gasteiger partial charge is 0.289 e. The van der Waals surface area contributed by atoms with E-state index in [1.165, 1.54) is 6.92 Å². The summed E-state index contributed by atoms with van der Waals surface area (Å²) in [6.07, 6.45) is 2.09. The van der Waals surface area contributed by atoms with Crippen molar-refractivity contribution < 1.29 is 9.59 Å². The summed E-state index contributed by atoms with van der Waals surface area (Å²) in [7, 11) is 1.84. The quantitative estimate of drug-likeness (QED) is 0.601. The predicted molar refractivity (Wildman–Crippen MR) is 49.3 cm³/mol. The fourth-order valence-electron chi connectivity index (χ4n) is 1.27. The van der Waals surface area contributed by atoms with Crippen LogP contribution in [0, 0.1) is 0 Å². The first-order valence-electron chi connectivity index (χ1n) is 4.63. The lowest BCUT2D eigenvalue weighted by Crippen LogP contribution is -2.40. The molecule has 0 aromatic rings. The van der Waals surface area contributed by atoms with Gasteiger partial charge in [0, 0.05) is 26.1 Å². The minimum absolute atomic E-state index is 0.324. The summed E-state index contributed by atoms with van der Waals surface area (Å²) in [4.78, 5) is 23.9. The lowest BCUT2D eigenvalue weighted by Gasteiger charge is -2.20. The van der Waals surface area contributed by atoms with Crippen molar-refractivity contribution in [3.8, 4) is 0 Å². The lowest BCUT2D eigenvalue weighted by atomic mass is 10.3. The number of amides is 1. The van der Waals surface area contributed by atoms with Crippen molar-refractivity contribution in [1.82, 2.24) is 10.2 Å². The van der Waals surface area contributed by atoms with Crippen molar-refractivity contribution >= 4 is 11.7 Å². The molecule has 1 N–H and O–H groups in total. The molecular weight excluding hydrogens is 168 g/mol. The van der Waals surface area contributed by atoms with Crippen molar-refractivity contribution in [2.75, 3.05) is 20.1 Å². The van der Waals surface area contributed by atoms with Crippen LogP contribution in [-0.4, -0.2) is 42.8 Å². The molecule has 13 heavy (non-hydrogen) atoms. The molecule has 0 heterocycles. The number of Topliss-reactive ketones (excluding diaryl/α,β-unsaturated/α-hetero) is 1. The van der Waals surface area contributed by atoms with Gasteiger partial charge in [-0.05, 0) is 19.9 Å². The third kappa shape index (κ3) is 2.81. The van der Waals surface area contributed by atoms with E-state index in [9.17, 15) is 9.59 Å². The van der Waals surface area contributed by atoms with Gasteiger partial charge >= 0.3 is 0 Å². The third-order valence-electron chi connectivity index (χ3n) is 2.15. The van der Waals surface area contributed by atoms with Crippen LogP contribution in [0.2, 0.25) is 0 Å². The van der Waals surface area contributed by atoms with E-state index in [1.54, 1.807) is 4.90 Å². The van der Waals surface area contributed by atoms with Crippen LogP contribution in [0.25, 0.3) is 0 Å². The Kier molecular flexibility index (Phi) is 3.42. The average molecular weight is 184 g/mol. The van der Waals surface area contributed by atoms with Crippen molar-refractivity contribution in [2.45, 2.75) is 25.8 Å². The lowest BCUT2D eigenvalue weighted by molar-refractivity contribution is -0.144. The third-order valence-corrected chi connectivity index (χ3v) is 2.15. The Labute approximate surface area is 78.3 Å². The van der Waals surface area contributed by atoms with Crippen molar-refractivity contribution in [3.63, 3.8) is 0 Å². The maximum absolute atomic E-state index is 11.4. The highest BCUT2D eigenvalue weighted by molar-refractivity contribution is 6.35. The number of nitrogens with zero attached hydrogens (tertiary/aromatic N) is 1. The van der Waals surface area contributed by atoms with E-state index in [1.807, 2.05) is 7.05 Å². The van der Waals surface area contributed by atoms with Gasteiger partial charge < -0.3 is 10.2 Å². The van der Waals surface area contributed by atoms with Gasteiger partial charge in [-0.25, -0.2) is 0 Å². The molecule has 74 valence electrons. The molecule has 1 rings (SSSR count). The standard InChI is InChI=1S/C9H16N2O2/c1-7(12)9(13)11(6-5-10-2)8-3-4-8/h8,10H,3-6H2,1-2H3. The zero-order valence-corrected chi connectivity index (χ0v) is 8.17. The van der Waals surface area contributed by atoms with Gasteiger partial charge in [0.05, 0.1) is 0 Å². The topological polar surface area (TPSA) is 49.4 Å². The minimum Gasteiger partial charge on any atom is -0.332 e. The first kappa shape index (κ1) is 10.2. The molecule has 1 aliphatic rings. The molecule has 0 atom stereocenters. The van der Waals surface area contributed by atoms with E-state index in [0.717, 1.165) is 19.4 Å². The van der Waals surface area contributed by atoms with Gasteiger partial charge in [0.1, 0.15) is 0 Å². The molecule has 4 heteroatoms. The second kappa shape index (κ2) is 4.37. The average Bonchev–Trinajstić information content (AvgIpc) is 2.88. The number of hydrogen-bond acceptors (Lipinski definition) is 3. The molecular formula is C9H16N2O2. The first-order valence-corrected chi connectivity index (χ1v) is 4.63. The van der Waals surface area contributed by atoms with Gasteiger partial charge in [-0.3, -0.25) is 9.59 Å². The summed E-state index contributed by atoms with van der Waals surface area (Å²) in [6.45, 7) is 2.71. The molecule has 4 nitrogen and oxygen atoms in total. The molecule has 0 unspecified atom stereocenters. The van der Waals surface area contributed by atoms with Crippen LogP contribution >= 0.6 is 0 Å². The summed E-state index contributed by atoms with van der Waals surface area (Å²) < 4.78 is 0. The van der Waals surface area contributed by atoms with Crippen LogP contribution in [0.5, 0.6) is 0 Å². The number of rotatable bonds is 5. The van der Waals surface area contributed by atoms with Gasteiger partial charge in [-0.1, -0.05) is 0 Å². The largest absolute Gasteiger partial charge is 0.332 e. The maximum atomic E-state index is 11.4. The summed E-state index contributed by atoms with van der Waals surface area (Å²) in [6, 6.07) is 0.324. The Morgan fingerprint density at radius 3 is 2.46 bits per heavy atom. The van der Waals surface area contributed by atoms with Crippen LogP contribution < -0.4 is 5.32 Å². The Bertz CT molecular complexity index is 212. The summed E-state index contributed by atoms with van der Waals surface area (Å²) in [5, 5.41) is 2.97. The summed E-state index contributed by atoms with van der Waals surface area (Å²) in [5.74, 6) is -0.694. The normalized spacial score (nSPS) is 15.5. The second-order valence-electron chi connectivity index (χ2n) is 3.39. The number of carbonyl (C=O) groups is 2. The number of likely N-dealkylation sites (N-methyl/N-ethyl adjacent to an activating group) is 1. The Morgan fingerprint density at radius 1 is 1.46 bits per heavy atom. The predicted octanol–water partition coefficient (Wildman–Crippen LogP) is -0.214. The van der Waals surface area contributed by atoms with E-state index in [4.69, 9.17) is 0 Å². The highest BCUT2D eigenvalue weighted by atomic mass is 16.2. The van der Waals surface area contributed by atoms with Gasteiger partial charge in [-0.15, -0.1) is 0 Å². The minimum atomic E-state index is -0.358. The van der Waals surface area contributed by atoms with Gasteiger partial charge in [0.25, 0.3) is 5.91 Å². The Balaban J connectivity index is 2.46. The van der Waals surface area contributed by atoms with E-state index >= 15 is 0 Å². The highest BCUT2D eigenvalue weighted by Crippen LogP contribution is 2.26. The van der Waals surface area contributed by atoms with Crippen LogP contribution in [0.15, 0.2) is 0 Å². The van der Waals surface area contributed by atoms with Crippen LogP contribution in [0.1, 0.15) is 19.8 Å². The second-order valence-corrected chi connectivity index (χ2v) is 3.39. The summed E-state index contributed by atoms with van der Waals surface area (Å²) in [5.41, 5.74) is 0. The zero-order chi connectivity index (χ0) is 9.84. The monoisotopic (exact) mass is 184 g/mol. The van der Waals surface area contributed by atoms with E-state index in [2.05, 4.69) is 5.32 Å². The SMILES string of the molecule is CNCCN(C(=O)C(C)=O)C1CC1. The van der Waals surface area contributed by atoms with Gasteiger partial charge in [0.2, 0.25) is 5.78 Å². The van der Waals surface area contributed by atoms with E-state index in [-0.39, 0.29) is 11.7 Å². The number of nitrogens with one attached hydrogen (secondary N) is 1. The van der Waals surface area contributed by atoms with E-state index in [0.29, 0.717) is 12.6 Å². The molecule has 0 bridgehead atoms.